The zero-order valence-corrected chi connectivity index (χ0v) is 12.4. The maximum atomic E-state index is 12.1. The molecular formula is C15H26N2O3. The van der Waals surface area contributed by atoms with Gasteiger partial charge in [0.25, 0.3) is 0 Å². The van der Waals surface area contributed by atoms with E-state index in [0.717, 1.165) is 25.8 Å². The lowest BCUT2D eigenvalue weighted by atomic mass is 10.1. The molecule has 1 heterocycles. The SMILES string of the molecule is COC(=O)C1CCN(CC(=O)NC2CCCCCC2)C1. The minimum Gasteiger partial charge on any atom is -0.469 e. The van der Waals surface area contributed by atoms with Crippen molar-refractivity contribution in [2.24, 2.45) is 5.92 Å². The molecule has 5 nitrogen and oxygen atoms in total. The van der Waals surface area contributed by atoms with Crippen LogP contribution in [0.3, 0.4) is 0 Å². The summed E-state index contributed by atoms with van der Waals surface area (Å²) < 4.78 is 4.76. The molecule has 0 radical (unpaired) electrons. The fourth-order valence-corrected chi connectivity index (χ4v) is 3.24. The molecule has 0 aromatic heterocycles. The van der Waals surface area contributed by atoms with E-state index in [-0.39, 0.29) is 17.8 Å². The van der Waals surface area contributed by atoms with E-state index >= 15 is 0 Å². The number of rotatable bonds is 4. The van der Waals surface area contributed by atoms with Crippen molar-refractivity contribution in [3.8, 4) is 0 Å². The fourth-order valence-electron chi connectivity index (χ4n) is 3.24. The normalized spacial score (nSPS) is 25.1. The third kappa shape index (κ3) is 4.47. The lowest BCUT2D eigenvalue weighted by Gasteiger charge is -2.19. The Morgan fingerprint density at radius 3 is 2.50 bits per heavy atom. The van der Waals surface area contributed by atoms with E-state index < -0.39 is 0 Å². The smallest absolute Gasteiger partial charge is 0.310 e. The van der Waals surface area contributed by atoms with E-state index in [2.05, 4.69) is 5.32 Å². The van der Waals surface area contributed by atoms with Crippen LogP contribution in [0.15, 0.2) is 0 Å². The Bertz CT molecular complexity index is 338. The molecule has 1 saturated heterocycles. The van der Waals surface area contributed by atoms with Crippen LogP contribution in [0.25, 0.3) is 0 Å². The molecule has 1 unspecified atom stereocenters. The lowest BCUT2D eigenvalue weighted by molar-refractivity contribution is -0.145. The second-order valence-corrected chi connectivity index (χ2v) is 6.00. The third-order valence-electron chi connectivity index (χ3n) is 4.39. The minimum absolute atomic E-state index is 0.0642. The Morgan fingerprint density at radius 1 is 1.15 bits per heavy atom. The molecule has 0 bridgehead atoms. The quantitative estimate of drug-likeness (QED) is 0.624. The number of hydrogen-bond donors (Lipinski definition) is 1. The molecule has 5 heteroatoms. The number of likely N-dealkylation sites (tertiary alicyclic amines) is 1. The van der Waals surface area contributed by atoms with Gasteiger partial charge in [0.1, 0.15) is 0 Å². The first kappa shape index (κ1) is 15.3. The van der Waals surface area contributed by atoms with Crippen LogP contribution >= 0.6 is 0 Å². The Hall–Kier alpha value is -1.10. The Balaban J connectivity index is 1.70. The summed E-state index contributed by atoms with van der Waals surface area (Å²) in [6.07, 6.45) is 8.03. The molecule has 1 aliphatic carbocycles. The van der Waals surface area contributed by atoms with Crippen molar-refractivity contribution in [2.75, 3.05) is 26.7 Å². The molecule has 1 saturated carbocycles. The molecule has 20 heavy (non-hydrogen) atoms. The predicted molar refractivity (Wildman–Crippen MR) is 76.2 cm³/mol. The average molecular weight is 282 g/mol. The van der Waals surface area contributed by atoms with E-state index in [1.807, 2.05) is 4.90 Å². The van der Waals surface area contributed by atoms with Gasteiger partial charge in [0.2, 0.25) is 5.91 Å². The highest BCUT2D eigenvalue weighted by Crippen LogP contribution is 2.18. The molecule has 2 rings (SSSR count). The van der Waals surface area contributed by atoms with Gasteiger partial charge in [-0.1, -0.05) is 25.7 Å². The number of carbonyl (C=O) groups is 2. The number of nitrogens with one attached hydrogen (secondary N) is 1. The van der Waals surface area contributed by atoms with Gasteiger partial charge in [-0.2, -0.15) is 0 Å². The van der Waals surface area contributed by atoms with Crippen molar-refractivity contribution in [2.45, 2.75) is 51.0 Å². The van der Waals surface area contributed by atoms with Gasteiger partial charge in [-0.15, -0.1) is 0 Å². The zero-order valence-electron chi connectivity index (χ0n) is 12.4. The van der Waals surface area contributed by atoms with Crippen LogP contribution < -0.4 is 5.32 Å². The largest absolute Gasteiger partial charge is 0.469 e. The van der Waals surface area contributed by atoms with Crippen LogP contribution in [0.5, 0.6) is 0 Å². The van der Waals surface area contributed by atoms with Gasteiger partial charge >= 0.3 is 5.97 Å². The molecule has 1 aliphatic heterocycles. The first-order chi connectivity index (χ1) is 9.69. The number of ether oxygens (including phenoxy) is 1. The maximum absolute atomic E-state index is 12.1. The molecule has 2 aliphatic rings. The molecule has 0 spiro atoms. The molecule has 2 fully saturated rings. The first-order valence-electron chi connectivity index (χ1n) is 7.78. The summed E-state index contributed by atoms with van der Waals surface area (Å²) in [5.41, 5.74) is 0. The number of carbonyl (C=O) groups excluding carboxylic acids is 2. The zero-order chi connectivity index (χ0) is 14.4. The van der Waals surface area contributed by atoms with Crippen LogP contribution in [0, 0.1) is 5.92 Å². The van der Waals surface area contributed by atoms with E-state index in [1.54, 1.807) is 0 Å². The highest BCUT2D eigenvalue weighted by molar-refractivity contribution is 5.78. The second kappa shape index (κ2) is 7.62. The van der Waals surface area contributed by atoms with Crippen molar-refractivity contribution < 1.29 is 14.3 Å². The molecule has 1 atom stereocenters. The van der Waals surface area contributed by atoms with Crippen LogP contribution in [0.1, 0.15) is 44.9 Å². The highest BCUT2D eigenvalue weighted by Gasteiger charge is 2.30. The van der Waals surface area contributed by atoms with Gasteiger partial charge in [0.05, 0.1) is 19.6 Å². The van der Waals surface area contributed by atoms with Crippen LogP contribution in [0.4, 0.5) is 0 Å². The molecule has 0 aromatic rings. The van der Waals surface area contributed by atoms with Crippen LogP contribution in [0.2, 0.25) is 0 Å². The standard InChI is InChI=1S/C15H26N2O3/c1-20-15(19)12-8-9-17(10-12)11-14(18)16-13-6-4-2-3-5-7-13/h12-13H,2-11H2,1H3,(H,16,18). The monoisotopic (exact) mass is 282 g/mol. The summed E-state index contributed by atoms with van der Waals surface area (Å²) in [5.74, 6) is -0.121. The van der Waals surface area contributed by atoms with E-state index in [4.69, 9.17) is 4.74 Å². The predicted octanol–water partition coefficient (Wildman–Crippen LogP) is 1.32. The van der Waals surface area contributed by atoms with Crippen molar-refractivity contribution in [1.82, 2.24) is 10.2 Å². The van der Waals surface area contributed by atoms with Gasteiger partial charge < -0.3 is 10.1 Å². The van der Waals surface area contributed by atoms with Gasteiger partial charge in [0.15, 0.2) is 0 Å². The number of amides is 1. The summed E-state index contributed by atoms with van der Waals surface area (Å²) in [6.45, 7) is 1.85. The van der Waals surface area contributed by atoms with Crippen LogP contribution in [-0.2, 0) is 14.3 Å². The van der Waals surface area contributed by atoms with Crippen molar-refractivity contribution in [3.63, 3.8) is 0 Å². The van der Waals surface area contributed by atoms with Crippen molar-refractivity contribution >= 4 is 11.9 Å². The Kier molecular flexibility index (Phi) is 5.83. The molecule has 0 aromatic carbocycles. The van der Waals surface area contributed by atoms with Gasteiger partial charge in [0, 0.05) is 12.6 Å². The first-order valence-corrected chi connectivity index (χ1v) is 7.78. The van der Waals surface area contributed by atoms with Gasteiger partial charge in [-0.3, -0.25) is 14.5 Å². The Labute approximate surface area is 121 Å². The van der Waals surface area contributed by atoms with E-state index in [1.165, 1.54) is 32.8 Å². The maximum Gasteiger partial charge on any atom is 0.310 e. The highest BCUT2D eigenvalue weighted by atomic mass is 16.5. The third-order valence-corrected chi connectivity index (χ3v) is 4.39. The fraction of sp³-hybridized carbons (Fsp3) is 0.867. The number of methoxy groups -OCH3 is 1. The minimum atomic E-state index is -0.156. The van der Waals surface area contributed by atoms with Crippen molar-refractivity contribution in [3.05, 3.63) is 0 Å². The van der Waals surface area contributed by atoms with Crippen molar-refractivity contribution in [1.29, 1.82) is 0 Å². The number of hydrogen-bond acceptors (Lipinski definition) is 4. The van der Waals surface area contributed by atoms with E-state index in [0.29, 0.717) is 19.1 Å². The average Bonchev–Trinajstić information content (AvgIpc) is 2.74. The Morgan fingerprint density at radius 2 is 1.85 bits per heavy atom. The molecule has 114 valence electrons. The summed E-state index contributed by atoms with van der Waals surface area (Å²) in [4.78, 5) is 25.6. The number of esters is 1. The van der Waals surface area contributed by atoms with Crippen LogP contribution in [-0.4, -0.2) is 49.6 Å². The topological polar surface area (TPSA) is 58.6 Å². The molecule has 1 N–H and O–H groups in total. The molecular weight excluding hydrogens is 256 g/mol. The van der Waals surface area contributed by atoms with Gasteiger partial charge in [-0.05, 0) is 25.8 Å². The second-order valence-electron chi connectivity index (χ2n) is 6.00. The van der Waals surface area contributed by atoms with Gasteiger partial charge in [-0.25, -0.2) is 0 Å². The summed E-state index contributed by atoms with van der Waals surface area (Å²) >= 11 is 0. The summed E-state index contributed by atoms with van der Waals surface area (Å²) in [6, 6.07) is 0.351. The summed E-state index contributed by atoms with van der Waals surface area (Å²) in [7, 11) is 1.42. The number of nitrogens with zero attached hydrogens (tertiary/aromatic N) is 1. The lowest BCUT2D eigenvalue weighted by Crippen LogP contribution is -2.41. The molecule has 1 amide bonds. The van der Waals surface area contributed by atoms with E-state index in [9.17, 15) is 9.59 Å². The summed E-state index contributed by atoms with van der Waals surface area (Å²) in [5, 5.41) is 3.15.